The highest BCUT2D eigenvalue weighted by Gasteiger charge is 2.47. The fraction of sp³-hybridized carbons (Fsp3) is 0.125. The normalized spacial score (nSPS) is 19.3. The predicted molar refractivity (Wildman–Crippen MR) is 89.2 cm³/mol. The van der Waals surface area contributed by atoms with Gasteiger partial charge in [0.15, 0.2) is 0 Å². The van der Waals surface area contributed by atoms with Gasteiger partial charge in [0, 0.05) is 5.02 Å². The Kier molecular flexibility index (Phi) is 3.92. The molecule has 118 valence electrons. The van der Waals surface area contributed by atoms with Crippen molar-refractivity contribution in [3.63, 3.8) is 0 Å². The van der Waals surface area contributed by atoms with Crippen LogP contribution in [0.5, 0.6) is 5.75 Å². The zero-order valence-corrected chi connectivity index (χ0v) is 13.5. The molecular weight excluding hydrogens is 339 g/mol. The molecule has 0 bridgehead atoms. The van der Waals surface area contributed by atoms with Gasteiger partial charge in [0.2, 0.25) is 0 Å². The van der Waals surface area contributed by atoms with Gasteiger partial charge in [-0.05, 0) is 37.3 Å². The molecule has 2 aromatic rings. The highest BCUT2D eigenvalue weighted by molar-refractivity contribution is 6.34. The number of carbonyl (C=O) groups excluding carboxylic acids is 2. The van der Waals surface area contributed by atoms with Gasteiger partial charge in [-0.2, -0.15) is 0 Å². The van der Waals surface area contributed by atoms with Crippen LogP contribution in [-0.2, 0) is 9.59 Å². The van der Waals surface area contributed by atoms with E-state index in [2.05, 4.69) is 10.6 Å². The summed E-state index contributed by atoms with van der Waals surface area (Å²) in [5.74, 6) is -0.841. The van der Waals surface area contributed by atoms with Crippen molar-refractivity contribution < 1.29 is 14.3 Å². The standard InChI is InChI=1S/C16H12Cl2N2O3/c1-16(14(21)19-11-5-3-2-4-10(11)18)15(22)20-12-8-9(17)6-7-13(12)23-16/h2-8H,1H3,(H,19,21)(H,20,22). The third-order valence-corrected chi connectivity index (χ3v) is 4.06. The minimum absolute atomic E-state index is 0.366. The van der Waals surface area contributed by atoms with Crippen LogP contribution in [0.1, 0.15) is 6.92 Å². The molecule has 7 heteroatoms. The SMILES string of the molecule is CC1(C(=O)Nc2ccccc2Cl)Oc2ccc(Cl)cc2NC1=O. The smallest absolute Gasteiger partial charge is 0.278 e. The molecular formula is C16H12Cl2N2O3. The summed E-state index contributed by atoms with van der Waals surface area (Å²) < 4.78 is 5.63. The number of para-hydroxylation sites is 1. The summed E-state index contributed by atoms with van der Waals surface area (Å²) in [6.45, 7) is 1.39. The number of benzene rings is 2. The second-order valence-corrected chi connectivity index (χ2v) is 6.01. The molecule has 0 aromatic heterocycles. The van der Waals surface area contributed by atoms with Crippen molar-refractivity contribution in [2.24, 2.45) is 0 Å². The number of fused-ring (bicyclic) bond motifs is 1. The van der Waals surface area contributed by atoms with Crippen LogP contribution in [0.4, 0.5) is 11.4 Å². The zero-order chi connectivity index (χ0) is 16.6. The number of hydrogen-bond donors (Lipinski definition) is 2. The van der Waals surface area contributed by atoms with Gasteiger partial charge >= 0.3 is 0 Å². The van der Waals surface area contributed by atoms with Crippen molar-refractivity contribution in [1.29, 1.82) is 0 Å². The van der Waals surface area contributed by atoms with E-state index < -0.39 is 17.4 Å². The number of nitrogens with one attached hydrogen (secondary N) is 2. The van der Waals surface area contributed by atoms with Crippen molar-refractivity contribution in [2.75, 3.05) is 10.6 Å². The van der Waals surface area contributed by atoms with E-state index in [9.17, 15) is 9.59 Å². The second-order valence-electron chi connectivity index (χ2n) is 5.16. The summed E-state index contributed by atoms with van der Waals surface area (Å²) >= 11 is 11.9. The molecule has 1 unspecified atom stereocenters. The molecule has 3 rings (SSSR count). The van der Waals surface area contributed by atoms with Crippen LogP contribution in [0.15, 0.2) is 42.5 Å². The van der Waals surface area contributed by atoms with Crippen LogP contribution < -0.4 is 15.4 Å². The molecule has 1 heterocycles. The summed E-state index contributed by atoms with van der Waals surface area (Å²) in [5, 5.41) is 6.06. The Bertz CT molecular complexity index is 810. The molecule has 2 N–H and O–H groups in total. The molecule has 0 saturated heterocycles. The lowest BCUT2D eigenvalue weighted by atomic mass is 10.0. The number of anilines is 2. The van der Waals surface area contributed by atoms with Crippen molar-refractivity contribution in [3.05, 3.63) is 52.5 Å². The molecule has 1 aliphatic rings. The summed E-state index contributed by atoms with van der Waals surface area (Å²) in [4.78, 5) is 24.9. The van der Waals surface area contributed by atoms with Crippen LogP contribution in [0.25, 0.3) is 0 Å². The fourth-order valence-electron chi connectivity index (χ4n) is 2.15. The Labute approximate surface area is 142 Å². The van der Waals surface area contributed by atoms with Crippen LogP contribution in [0.2, 0.25) is 10.0 Å². The summed E-state index contributed by atoms with van der Waals surface area (Å²) in [6.07, 6.45) is 0. The van der Waals surface area contributed by atoms with Gasteiger partial charge in [-0.15, -0.1) is 0 Å². The van der Waals surface area contributed by atoms with Gasteiger partial charge in [-0.1, -0.05) is 35.3 Å². The summed E-state index contributed by atoms with van der Waals surface area (Å²) in [5.41, 5.74) is -0.899. The minimum Gasteiger partial charge on any atom is -0.466 e. The van der Waals surface area contributed by atoms with E-state index in [1.54, 1.807) is 42.5 Å². The van der Waals surface area contributed by atoms with Crippen LogP contribution in [-0.4, -0.2) is 17.4 Å². The molecule has 23 heavy (non-hydrogen) atoms. The highest BCUT2D eigenvalue weighted by Crippen LogP contribution is 2.36. The maximum Gasteiger partial charge on any atom is 0.278 e. The van der Waals surface area contributed by atoms with E-state index >= 15 is 0 Å². The number of ether oxygens (including phenoxy) is 1. The van der Waals surface area contributed by atoms with Crippen LogP contribution in [0, 0.1) is 0 Å². The quantitative estimate of drug-likeness (QED) is 0.811. The molecule has 0 radical (unpaired) electrons. The van der Waals surface area contributed by atoms with E-state index in [0.29, 0.717) is 27.2 Å². The molecule has 2 aromatic carbocycles. The largest absolute Gasteiger partial charge is 0.466 e. The van der Waals surface area contributed by atoms with Crippen LogP contribution in [0.3, 0.4) is 0 Å². The van der Waals surface area contributed by atoms with Crippen molar-refractivity contribution >= 4 is 46.4 Å². The van der Waals surface area contributed by atoms with E-state index in [0.717, 1.165) is 0 Å². The Morgan fingerprint density at radius 3 is 2.70 bits per heavy atom. The Balaban J connectivity index is 1.89. The number of hydrogen-bond acceptors (Lipinski definition) is 3. The first kappa shape index (κ1) is 15.6. The van der Waals surface area contributed by atoms with Gasteiger partial charge in [-0.25, -0.2) is 0 Å². The van der Waals surface area contributed by atoms with Gasteiger partial charge in [0.05, 0.1) is 16.4 Å². The number of halogens is 2. The first-order valence-corrected chi connectivity index (χ1v) is 7.52. The first-order valence-electron chi connectivity index (χ1n) is 6.76. The molecule has 0 saturated carbocycles. The van der Waals surface area contributed by atoms with Crippen molar-refractivity contribution in [2.45, 2.75) is 12.5 Å². The van der Waals surface area contributed by atoms with Gasteiger partial charge in [-0.3, -0.25) is 9.59 Å². The molecule has 1 aliphatic heterocycles. The molecule has 0 spiro atoms. The second kappa shape index (κ2) is 5.76. The fourth-order valence-corrected chi connectivity index (χ4v) is 2.51. The van der Waals surface area contributed by atoms with Gasteiger partial charge < -0.3 is 15.4 Å². The van der Waals surface area contributed by atoms with Crippen molar-refractivity contribution in [3.8, 4) is 5.75 Å². The molecule has 5 nitrogen and oxygen atoms in total. The van der Waals surface area contributed by atoms with Gasteiger partial charge in [0.1, 0.15) is 5.75 Å². The first-order chi connectivity index (χ1) is 10.9. The molecule has 2 amide bonds. The molecule has 0 aliphatic carbocycles. The average molecular weight is 351 g/mol. The monoisotopic (exact) mass is 350 g/mol. The maximum atomic E-state index is 12.5. The Morgan fingerprint density at radius 2 is 1.96 bits per heavy atom. The highest BCUT2D eigenvalue weighted by atomic mass is 35.5. The van der Waals surface area contributed by atoms with Gasteiger partial charge in [0.25, 0.3) is 17.4 Å². The molecule has 0 fully saturated rings. The maximum absolute atomic E-state index is 12.5. The van der Waals surface area contributed by atoms with Crippen LogP contribution >= 0.6 is 23.2 Å². The van der Waals surface area contributed by atoms with E-state index in [1.165, 1.54) is 6.92 Å². The number of carbonyl (C=O) groups is 2. The lowest BCUT2D eigenvalue weighted by Crippen LogP contribution is -2.56. The third kappa shape index (κ3) is 2.85. The van der Waals surface area contributed by atoms with E-state index in [-0.39, 0.29) is 0 Å². The van der Waals surface area contributed by atoms with E-state index in [4.69, 9.17) is 27.9 Å². The number of amides is 2. The summed E-state index contributed by atoms with van der Waals surface area (Å²) in [6, 6.07) is 11.5. The Morgan fingerprint density at radius 1 is 1.22 bits per heavy atom. The number of rotatable bonds is 2. The minimum atomic E-state index is -1.72. The lowest BCUT2D eigenvalue weighted by molar-refractivity contribution is -0.143. The summed E-state index contributed by atoms with van der Waals surface area (Å²) in [7, 11) is 0. The topological polar surface area (TPSA) is 67.4 Å². The Hall–Kier alpha value is -2.24. The molecule has 1 atom stereocenters. The lowest BCUT2D eigenvalue weighted by Gasteiger charge is -2.33. The average Bonchev–Trinajstić information content (AvgIpc) is 2.51. The predicted octanol–water partition coefficient (Wildman–Crippen LogP) is 3.72. The zero-order valence-electron chi connectivity index (χ0n) is 12.0. The van der Waals surface area contributed by atoms with Crippen molar-refractivity contribution in [1.82, 2.24) is 0 Å². The van der Waals surface area contributed by atoms with E-state index in [1.807, 2.05) is 0 Å². The third-order valence-electron chi connectivity index (χ3n) is 3.49.